The molecule has 68 valence electrons. The van der Waals surface area contributed by atoms with Crippen molar-refractivity contribution >= 4 is 5.57 Å². The van der Waals surface area contributed by atoms with E-state index >= 15 is 0 Å². The number of nitriles is 2. The molecule has 4 nitrogen and oxygen atoms in total. The molecule has 0 saturated heterocycles. The highest BCUT2D eigenvalue weighted by Gasteiger charge is 2.26. The van der Waals surface area contributed by atoms with Gasteiger partial charge < -0.3 is 4.57 Å². The molecule has 0 spiro atoms. The van der Waals surface area contributed by atoms with E-state index in [-0.39, 0.29) is 5.57 Å². The maximum absolute atomic E-state index is 8.77. The van der Waals surface area contributed by atoms with E-state index < -0.39 is 0 Å². The summed E-state index contributed by atoms with van der Waals surface area (Å²) in [6, 6.07) is 4.11. The van der Waals surface area contributed by atoms with Crippen LogP contribution >= 0.6 is 0 Å². The largest absolute Gasteiger partial charge is 0.328 e. The Balaban J connectivity index is 2.62. The zero-order valence-electron chi connectivity index (χ0n) is 7.73. The first-order chi connectivity index (χ1) is 6.77. The van der Waals surface area contributed by atoms with Crippen LogP contribution in [-0.4, -0.2) is 9.55 Å². The summed E-state index contributed by atoms with van der Waals surface area (Å²) >= 11 is 0. The zero-order chi connectivity index (χ0) is 10.1. The van der Waals surface area contributed by atoms with E-state index in [9.17, 15) is 0 Å². The van der Waals surface area contributed by atoms with Crippen LogP contribution in [0.3, 0.4) is 0 Å². The molecule has 0 aliphatic carbocycles. The van der Waals surface area contributed by atoms with E-state index in [1.165, 1.54) is 0 Å². The van der Waals surface area contributed by atoms with Crippen LogP contribution in [0.5, 0.6) is 0 Å². The third-order valence-electron chi connectivity index (χ3n) is 2.44. The molecular weight excluding hydrogens is 176 g/mol. The first-order valence-corrected chi connectivity index (χ1v) is 4.34. The number of rotatable bonds is 0. The smallest absolute Gasteiger partial charge is 0.138 e. The maximum Gasteiger partial charge on any atom is 0.138 e. The summed E-state index contributed by atoms with van der Waals surface area (Å²) in [6.07, 6.45) is 4.29. The minimum Gasteiger partial charge on any atom is -0.328 e. The summed E-state index contributed by atoms with van der Waals surface area (Å²) in [5.74, 6) is 0.760. The molecule has 1 aliphatic rings. The topological polar surface area (TPSA) is 65.4 Å². The molecule has 14 heavy (non-hydrogen) atoms. The standard InChI is InChI=1S/C10H8N4/c1-7-4-9(8(5-11)6-12)10-13-2-3-14(7)10/h2-3,7H,4H2,1H3. The molecule has 1 unspecified atom stereocenters. The van der Waals surface area contributed by atoms with E-state index in [0.717, 1.165) is 17.8 Å². The SMILES string of the molecule is CC1CC(=C(C#N)C#N)c2nccn21. The Morgan fingerprint density at radius 1 is 1.57 bits per heavy atom. The minimum absolute atomic E-state index is 0.182. The Morgan fingerprint density at radius 3 is 2.93 bits per heavy atom. The Kier molecular flexibility index (Phi) is 1.83. The Hall–Kier alpha value is -2.07. The molecule has 0 aromatic carbocycles. The average molecular weight is 184 g/mol. The van der Waals surface area contributed by atoms with Gasteiger partial charge in [-0.2, -0.15) is 10.5 Å². The van der Waals surface area contributed by atoms with Crippen LogP contribution in [0.4, 0.5) is 0 Å². The fraction of sp³-hybridized carbons (Fsp3) is 0.300. The molecule has 4 heteroatoms. The van der Waals surface area contributed by atoms with Gasteiger partial charge in [-0.25, -0.2) is 4.98 Å². The second-order valence-electron chi connectivity index (χ2n) is 3.29. The van der Waals surface area contributed by atoms with Crippen molar-refractivity contribution in [2.45, 2.75) is 19.4 Å². The highest BCUT2D eigenvalue weighted by atomic mass is 15.1. The molecule has 1 atom stereocenters. The van der Waals surface area contributed by atoms with Crippen LogP contribution in [0.1, 0.15) is 25.2 Å². The average Bonchev–Trinajstić information content (AvgIpc) is 2.74. The van der Waals surface area contributed by atoms with Crippen molar-refractivity contribution in [3.8, 4) is 12.1 Å². The van der Waals surface area contributed by atoms with E-state index in [1.54, 1.807) is 6.20 Å². The van der Waals surface area contributed by atoms with E-state index in [0.29, 0.717) is 6.04 Å². The number of hydrogen-bond donors (Lipinski definition) is 0. The van der Waals surface area contributed by atoms with Crippen molar-refractivity contribution in [3.05, 3.63) is 23.8 Å². The van der Waals surface area contributed by atoms with Gasteiger partial charge in [-0.15, -0.1) is 0 Å². The summed E-state index contributed by atoms with van der Waals surface area (Å²) in [7, 11) is 0. The Bertz CT molecular complexity index is 465. The molecule has 0 radical (unpaired) electrons. The van der Waals surface area contributed by atoms with Gasteiger partial charge in [-0.3, -0.25) is 0 Å². The highest BCUT2D eigenvalue weighted by Crippen LogP contribution is 2.35. The van der Waals surface area contributed by atoms with Crippen LogP contribution in [0.15, 0.2) is 18.0 Å². The molecule has 0 saturated carbocycles. The second kappa shape index (κ2) is 3.01. The van der Waals surface area contributed by atoms with Crippen molar-refractivity contribution < 1.29 is 0 Å². The van der Waals surface area contributed by atoms with Crippen LogP contribution in [0, 0.1) is 22.7 Å². The number of imidazole rings is 1. The number of aromatic nitrogens is 2. The van der Waals surface area contributed by atoms with Gasteiger partial charge in [0.1, 0.15) is 23.5 Å². The number of nitrogens with zero attached hydrogens (tertiary/aromatic N) is 4. The van der Waals surface area contributed by atoms with E-state index in [1.807, 2.05) is 29.8 Å². The summed E-state index contributed by atoms with van der Waals surface area (Å²) in [6.45, 7) is 2.05. The molecule has 2 heterocycles. The van der Waals surface area contributed by atoms with Crippen LogP contribution < -0.4 is 0 Å². The quantitative estimate of drug-likeness (QED) is 0.576. The van der Waals surface area contributed by atoms with Gasteiger partial charge >= 0.3 is 0 Å². The van der Waals surface area contributed by atoms with Gasteiger partial charge in [0.15, 0.2) is 0 Å². The lowest BCUT2D eigenvalue weighted by Gasteiger charge is -2.01. The summed E-state index contributed by atoms with van der Waals surface area (Å²) < 4.78 is 1.99. The van der Waals surface area contributed by atoms with Crippen molar-refractivity contribution in [1.29, 1.82) is 10.5 Å². The second-order valence-corrected chi connectivity index (χ2v) is 3.29. The van der Waals surface area contributed by atoms with Crippen molar-refractivity contribution in [3.63, 3.8) is 0 Å². The lowest BCUT2D eigenvalue weighted by molar-refractivity contribution is 0.597. The number of hydrogen-bond acceptors (Lipinski definition) is 3. The van der Waals surface area contributed by atoms with E-state index in [4.69, 9.17) is 10.5 Å². The Labute approximate surface area is 81.7 Å². The summed E-state index contributed by atoms with van der Waals surface area (Å²) in [5, 5.41) is 17.5. The van der Waals surface area contributed by atoms with Gasteiger partial charge in [0, 0.05) is 24.0 Å². The molecule has 0 bridgehead atoms. The molecule has 1 aromatic rings. The molecule has 2 rings (SSSR count). The summed E-state index contributed by atoms with van der Waals surface area (Å²) in [4.78, 5) is 4.15. The van der Waals surface area contributed by atoms with Crippen molar-refractivity contribution in [1.82, 2.24) is 9.55 Å². The number of fused-ring (bicyclic) bond motifs is 1. The zero-order valence-corrected chi connectivity index (χ0v) is 7.73. The first kappa shape index (κ1) is 8.52. The normalized spacial score (nSPS) is 18.5. The van der Waals surface area contributed by atoms with Crippen LogP contribution in [0.2, 0.25) is 0 Å². The fourth-order valence-corrected chi connectivity index (χ4v) is 1.76. The van der Waals surface area contributed by atoms with Gasteiger partial charge in [0.05, 0.1) is 0 Å². The van der Waals surface area contributed by atoms with Crippen LogP contribution in [-0.2, 0) is 0 Å². The molecule has 1 aromatic heterocycles. The van der Waals surface area contributed by atoms with E-state index in [2.05, 4.69) is 4.98 Å². The van der Waals surface area contributed by atoms with Gasteiger partial charge in [0.2, 0.25) is 0 Å². The van der Waals surface area contributed by atoms with Crippen molar-refractivity contribution in [2.75, 3.05) is 0 Å². The van der Waals surface area contributed by atoms with Crippen LogP contribution in [0.25, 0.3) is 5.57 Å². The lowest BCUT2D eigenvalue weighted by atomic mass is 10.1. The molecule has 0 amide bonds. The lowest BCUT2D eigenvalue weighted by Crippen LogP contribution is -1.95. The fourth-order valence-electron chi connectivity index (χ4n) is 1.76. The Morgan fingerprint density at radius 2 is 2.29 bits per heavy atom. The maximum atomic E-state index is 8.77. The minimum atomic E-state index is 0.182. The van der Waals surface area contributed by atoms with Gasteiger partial charge in [0.25, 0.3) is 0 Å². The number of allylic oxidation sites excluding steroid dienone is 2. The predicted molar refractivity (Wildman–Crippen MR) is 49.7 cm³/mol. The first-order valence-electron chi connectivity index (χ1n) is 4.34. The van der Waals surface area contributed by atoms with Gasteiger partial charge in [-0.05, 0) is 13.3 Å². The molecule has 0 fully saturated rings. The third-order valence-corrected chi connectivity index (χ3v) is 2.44. The molecule has 1 aliphatic heterocycles. The summed E-state index contributed by atoms with van der Waals surface area (Å²) in [5.41, 5.74) is 0.953. The van der Waals surface area contributed by atoms with Crippen molar-refractivity contribution in [2.24, 2.45) is 0 Å². The monoisotopic (exact) mass is 184 g/mol. The third kappa shape index (κ3) is 1.02. The molecular formula is C10H8N4. The molecule has 0 N–H and O–H groups in total. The highest BCUT2D eigenvalue weighted by molar-refractivity contribution is 5.74. The predicted octanol–water partition coefficient (Wildman–Crippen LogP) is 1.65. The van der Waals surface area contributed by atoms with Gasteiger partial charge in [-0.1, -0.05) is 0 Å².